The van der Waals surface area contributed by atoms with Gasteiger partial charge in [0.15, 0.2) is 6.04 Å². The number of allylic oxidation sites excluding steroid dienone is 1. The average molecular weight is 477 g/mol. The number of rotatable bonds is 8. The topological polar surface area (TPSA) is 108 Å². The number of hydrogen-bond acceptors (Lipinski definition) is 8. The normalized spacial score (nSPS) is 17.6. The van der Waals surface area contributed by atoms with E-state index in [-0.39, 0.29) is 17.8 Å². The quantitative estimate of drug-likeness (QED) is 0.590. The molecule has 0 fully saturated rings. The van der Waals surface area contributed by atoms with Gasteiger partial charge in [0.2, 0.25) is 5.88 Å². The molecule has 1 aliphatic rings. The number of aliphatic hydroxyl groups excluding tert-OH is 1. The fraction of sp³-hybridized carbons (Fsp3) is 0.435. The zero-order valence-electron chi connectivity index (χ0n) is 19.5. The Morgan fingerprint density at radius 2 is 1.97 bits per heavy atom. The second-order valence-corrected chi connectivity index (χ2v) is 8.39. The van der Waals surface area contributed by atoms with Gasteiger partial charge in [-0.05, 0) is 36.1 Å². The van der Waals surface area contributed by atoms with Crippen LogP contribution in [0.1, 0.15) is 38.0 Å². The van der Waals surface area contributed by atoms with Crippen LogP contribution in [0.2, 0.25) is 5.02 Å². The highest BCUT2D eigenvalue weighted by molar-refractivity contribution is 6.30. The van der Waals surface area contributed by atoms with Crippen molar-refractivity contribution < 1.29 is 24.5 Å². The lowest BCUT2D eigenvalue weighted by Crippen LogP contribution is -2.47. The number of aromatic nitrogens is 2. The maximum absolute atomic E-state index is 12.5. The van der Waals surface area contributed by atoms with E-state index in [9.17, 15) is 15.0 Å². The standard InChI is InChI=1S/C23H29ClN4O5/c1-7-27-19(22(30)31)17(20(29)15-9-8-14(24)10-13(15)4)18(12(2)3)28(27)16-11-25-23(33-6)26-21(16)32-5/h8-12,19-20,29H,7H2,1-6H3,(H,30,31). The summed E-state index contributed by atoms with van der Waals surface area (Å²) in [6.07, 6.45) is 0.363. The molecular formula is C23H29ClN4O5. The van der Waals surface area contributed by atoms with E-state index in [1.165, 1.54) is 20.4 Å². The van der Waals surface area contributed by atoms with Crippen molar-refractivity contribution in [2.24, 2.45) is 5.92 Å². The Kier molecular flexibility index (Phi) is 7.46. The number of hydrogen-bond donors (Lipinski definition) is 2. The number of nitrogens with zero attached hydrogens (tertiary/aromatic N) is 4. The molecule has 2 heterocycles. The average Bonchev–Trinajstić information content (AvgIpc) is 3.13. The third-order valence-electron chi connectivity index (χ3n) is 5.62. The molecule has 1 aliphatic heterocycles. The molecule has 9 nitrogen and oxygen atoms in total. The van der Waals surface area contributed by atoms with Crippen molar-refractivity contribution >= 4 is 23.3 Å². The summed E-state index contributed by atoms with van der Waals surface area (Å²) in [6.45, 7) is 7.91. The number of likely N-dealkylation sites (N-methyl/N-ethyl adjacent to an activating group) is 1. The van der Waals surface area contributed by atoms with Crippen molar-refractivity contribution in [3.8, 4) is 11.9 Å². The molecule has 1 aromatic carbocycles. The van der Waals surface area contributed by atoms with Crippen molar-refractivity contribution in [2.75, 3.05) is 25.8 Å². The number of halogens is 1. The smallest absolute Gasteiger partial charge is 0.327 e. The molecule has 3 rings (SSSR count). The first-order valence-corrected chi connectivity index (χ1v) is 11.0. The summed E-state index contributed by atoms with van der Waals surface area (Å²) in [6, 6.07) is 4.17. The van der Waals surface area contributed by atoms with Gasteiger partial charge in [0.05, 0.1) is 20.4 Å². The maximum atomic E-state index is 12.5. The van der Waals surface area contributed by atoms with Gasteiger partial charge in [0.25, 0.3) is 0 Å². The van der Waals surface area contributed by atoms with Gasteiger partial charge in [-0.3, -0.25) is 9.80 Å². The van der Waals surface area contributed by atoms with Gasteiger partial charge in [-0.15, -0.1) is 0 Å². The van der Waals surface area contributed by atoms with E-state index in [2.05, 4.69) is 9.97 Å². The fourth-order valence-corrected chi connectivity index (χ4v) is 4.48. The van der Waals surface area contributed by atoms with Crippen molar-refractivity contribution in [3.05, 3.63) is 51.8 Å². The number of carboxylic acids is 1. The molecule has 2 unspecified atom stereocenters. The summed E-state index contributed by atoms with van der Waals surface area (Å²) in [7, 11) is 2.92. The fourth-order valence-electron chi connectivity index (χ4n) is 4.25. The van der Waals surface area contributed by atoms with Crippen molar-refractivity contribution in [3.63, 3.8) is 0 Å². The lowest BCUT2D eigenvalue weighted by atomic mass is 9.89. The van der Waals surface area contributed by atoms with Crippen LogP contribution >= 0.6 is 11.6 Å². The van der Waals surface area contributed by atoms with Crippen molar-refractivity contribution in [1.29, 1.82) is 0 Å². The van der Waals surface area contributed by atoms with Crippen LogP contribution in [0, 0.1) is 12.8 Å². The third kappa shape index (κ3) is 4.48. The Labute approximate surface area is 198 Å². The van der Waals surface area contributed by atoms with Gasteiger partial charge >= 0.3 is 12.0 Å². The number of aliphatic carboxylic acids is 1. The summed E-state index contributed by atoms with van der Waals surface area (Å²) in [4.78, 5) is 21.0. The van der Waals surface area contributed by atoms with Crippen molar-refractivity contribution in [1.82, 2.24) is 15.0 Å². The summed E-state index contributed by atoms with van der Waals surface area (Å²) < 4.78 is 10.6. The molecular weight excluding hydrogens is 448 g/mol. The Morgan fingerprint density at radius 1 is 1.27 bits per heavy atom. The third-order valence-corrected chi connectivity index (χ3v) is 5.85. The van der Waals surface area contributed by atoms with Gasteiger partial charge in [-0.25, -0.2) is 4.98 Å². The van der Waals surface area contributed by atoms with Crippen LogP contribution in [0.25, 0.3) is 0 Å². The molecule has 0 radical (unpaired) electrons. The summed E-state index contributed by atoms with van der Waals surface area (Å²) in [5.41, 5.74) is 2.82. The molecule has 2 aromatic rings. The molecule has 2 N–H and O–H groups in total. The Bertz CT molecular complexity index is 1070. The lowest BCUT2D eigenvalue weighted by Gasteiger charge is -2.34. The van der Waals surface area contributed by atoms with Gasteiger partial charge in [0, 0.05) is 22.8 Å². The van der Waals surface area contributed by atoms with Gasteiger partial charge in [-0.2, -0.15) is 9.99 Å². The SMILES string of the molecule is CCN1C(C(=O)O)C(C(O)c2ccc(Cl)cc2C)=C(C(C)C)N1c1cnc(OC)nc1OC. The van der Waals surface area contributed by atoms with Crippen LogP contribution in [0.3, 0.4) is 0 Å². The molecule has 0 saturated carbocycles. The minimum atomic E-state index is -1.16. The Hall–Kier alpha value is -2.88. The van der Waals surface area contributed by atoms with E-state index in [0.717, 1.165) is 5.56 Å². The van der Waals surface area contributed by atoms with Crippen LogP contribution in [0.5, 0.6) is 11.9 Å². The lowest BCUT2D eigenvalue weighted by molar-refractivity contribution is -0.141. The Morgan fingerprint density at radius 3 is 2.48 bits per heavy atom. The first-order chi connectivity index (χ1) is 15.7. The molecule has 0 amide bonds. The number of carboxylic acid groups (broad SMARTS) is 1. The van der Waals surface area contributed by atoms with Crippen LogP contribution in [0.15, 0.2) is 35.7 Å². The Balaban J connectivity index is 2.29. The number of ether oxygens (including phenoxy) is 2. The first-order valence-electron chi connectivity index (χ1n) is 10.6. The number of aryl methyl sites for hydroxylation is 1. The number of benzene rings is 1. The molecule has 0 spiro atoms. The van der Waals surface area contributed by atoms with E-state index in [1.54, 1.807) is 28.2 Å². The molecule has 178 valence electrons. The van der Waals surface area contributed by atoms with Crippen LogP contribution in [-0.4, -0.2) is 58.0 Å². The van der Waals surface area contributed by atoms with E-state index < -0.39 is 18.1 Å². The summed E-state index contributed by atoms with van der Waals surface area (Å²) in [5.74, 6) is -1.000. The molecule has 0 saturated heterocycles. The number of anilines is 1. The van der Waals surface area contributed by atoms with E-state index in [0.29, 0.717) is 34.1 Å². The highest BCUT2D eigenvalue weighted by Gasteiger charge is 2.47. The minimum Gasteiger partial charge on any atom is -0.480 e. The van der Waals surface area contributed by atoms with Gasteiger partial charge < -0.3 is 19.7 Å². The molecule has 0 bridgehead atoms. The second-order valence-electron chi connectivity index (χ2n) is 7.96. The summed E-state index contributed by atoms with van der Waals surface area (Å²) >= 11 is 6.10. The van der Waals surface area contributed by atoms with Crippen molar-refractivity contribution in [2.45, 2.75) is 39.8 Å². The number of hydrazine groups is 1. The molecule has 33 heavy (non-hydrogen) atoms. The highest BCUT2D eigenvalue weighted by Crippen LogP contribution is 2.45. The maximum Gasteiger partial charge on any atom is 0.327 e. The molecule has 2 atom stereocenters. The highest BCUT2D eigenvalue weighted by atomic mass is 35.5. The zero-order chi connectivity index (χ0) is 24.4. The number of aliphatic hydroxyl groups is 1. The molecule has 10 heteroatoms. The van der Waals surface area contributed by atoms with Crippen LogP contribution < -0.4 is 14.5 Å². The largest absolute Gasteiger partial charge is 0.480 e. The summed E-state index contributed by atoms with van der Waals surface area (Å²) in [5, 5.41) is 25.7. The zero-order valence-corrected chi connectivity index (χ0v) is 20.3. The van der Waals surface area contributed by atoms with Gasteiger partial charge in [-0.1, -0.05) is 38.4 Å². The van der Waals surface area contributed by atoms with E-state index in [1.807, 2.05) is 27.7 Å². The van der Waals surface area contributed by atoms with Crippen LogP contribution in [0.4, 0.5) is 5.69 Å². The monoisotopic (exact) mass is 476 g/mol. The molecule has 1 aromatic heterocycles. The predicted octanol–water partition coefficient (Wildman–Crippen LogP) is 3.61. The number of methoxy groups -OCH3 is 2. The van der Waals surface area contributed by atoms with Gasteiger partial charge in [0.1, 0.15) is 11.8 Å². The van der Waals surface area contributed by atoms with E-state index in [4.69, 9.17) is 21.1 Å². The second kappa shape index (κ2) is 9.94. The van der Waals surface area contributed by atoms with E-state index >= 15 is 0 Å². The predicted molar refractivity (Wildman–Crippen MR) is 124 cm³/mol. The number of carbonyl (C=O) groups is 1. The molecule has 0 aliphatic carbocycles. The minimum absolute atomic E-state index is 0.125. The van der Waals surface area contributed by atoms with Crippen LogP contribution in [-0.2, 0) is 4.79 Å². The first kappa shape index (κ1) is 24.8.